The zero-order valence-corrected chi connectivity index (χ0v) is 47.3. The fourth-order valence-corrected chi connectivity index (χ4v) is 10.9. The van der Waals surface area contributed by atoms with Gasteiger partial charge in [-0.3, -0.25) is 19.3 Å². The maximum absolute atomic E-state index is 13.3. The van der Waals surface area contributed by atoms with Crippen molar-refractivity contribution in [3.63, 3.8) is 0 Å². The number of carbonyl (C=O) groups excluding carboxylic acids is 5. The average molecular weight is 1110 g/mol. The molecule has 0 unspecified atom stereocenters. The Hall–Kier alpha value is -8.28. The Morgan fingerprint density at radius 2 is 0.963 bits per heavy atom. The van der Waals surface area contributed by atoms with Gasteiger partial charge in [-0.2, -0.15) is 0 Å². The lowest BCUT2D eigenvalue weighted by molar-refractivity contribution is -0.130. The van der Waals surface area contributed by atoms with Gasteiger partial charge in [0.1, 0.15) is 11.5 Å². The number of methoxy groups -OCH3 is 6. The van der Waals surface area contributed by atoms with Crippen LogP contribution >= 0.6 is 11.6 Å². The molecular weight excluding hydrogens is 1040 g/mol. The zero-order valence-electron chi connectivity index (χ0n) is 46.5. The van der Waals surface area contributed by atoms with Crippen LogP contribution in [0.3, 0.4) is 0 Å². The molecule has 0 radical (unpaired) electrons. The Morgan fingerprint density at radius 3 is 1.36 bits per heavy atom. The van der Waals surface area contributed by atoms with Crippen LogP contribution in [0.1, 0.15) is 99.8 Å². The first-order valence-corrected chi connectivity index (χ1v) is 26.8. The molecule has 0 aromatic heterocycles. The van der Waals surface area contributed by atoms with Gasteiger partial charge in [0.05, 0.1) is 65.9 Å². The largest absolute Gasteiger partial charge is 0.493 e. The number of piperazine rings is 1. The molecule has 2 aliphatic carbocycles. The highest BCUT2D eigenvalue weighted by Gasteiger charge is 2.32. The number of nitrogens with one attached hydrogen (secondary N) is 2. The van der Waals surface area contributed by atoms with Crippen molar-refractivity contribution < 1.29 is 61.9 Å². The van der Waals surface area contributed by atoms with Crippen LogP contribution in [0.4, 0.5) is 0 Å². The summed E-state index contributed by atoms with van der Waals surface area (Å²) in [5.74, 6) is 3.04. The van der Waals surface area contributed by atoms with Crippen LogP contribution in [0.15, 0.2) is 97.1 Å². The van der Waals surface area contributed by atoms with Gasteiger partial charge in [0, 0.05) is 70.5 Å². The van der Waals surface area contributed by atoms with Crippen molar-refractivity contribution in [2.24, 2.45) is 0 Å². The lowest BCUT2D eigenvalue weighted by Crippen LogP contribution is -2.47. The third-order valence-corrected chi connectivity index (χ3v) is 14.8. The lowest BCUT2D eigenvalue weighted by atomic mass is 9.93. The molecule has 1 saturated heterocycles. The lowest BCUT2D eigenvalue weighted by Gasteiger charge is -2.34. The molecule has 18 heteroatoms. The van der Waals surface area contributed by atoms with E-state index >= 15 is 0 Å². The van der Waals surface area contributed by atoms with Crippen molar-refractivity contribution in [3.8, 4) is 68.2 Å². The summed E-state index contributed by atoms with van der Waals surface area (Å²) in [7, 11) is 9.46. The van der Waals surface area contributed by atoms with E-state index in [9.17, 15) is 24.0 Å². The number of alkyl halides is 1. The van der Waals surface area contributed by atoms with Crippen molar-refractivity contribution in [2.75, 3.05) is 68.8 Å². The Morgan fingerprint density at radius 1 is 0.525 bits per heavy atom. The van der Waals surface area contributed by atoms with Crippen molar-refractivity contribution in [1.82, 2.24) is 20.4 Å². The summed E-state index contributed by atoms with van der Waals surface area (Å²) in [6.45, 7) is 8.22. The van der Waals surface area contributed by atoms with Crippen LogP contribution in [-0.2, 0) is 39.7 Å². The summed E-state index contributed by atoms with van der Waals surface area (Å²) in [5.41, 5.74) is 9.70. The molecule has 80 heavy (non-hydrogen) atoms. The smallest absolute Gasteiger partial charge is 0.343 e. The fraction of sp³-hybridized carbons (Fsp3) is 0.339. The van der Waals surface area contributed by atoms with E-state index in [0.717, 1.165) is 68.7 Å². The van der Waals surface area contributed by atoms with Gasteiger partial charge in [0.2, 0.25) is 29.2 Å². The molecule has 3 amide bonds. The molecule has 3 aliphatic rings. The van der Waals surface area contributed by atoms with E-state index in [1.807, 2.05) is 59.5 Å². The standard InChI is InChI=1S/C34H39N3O7.C28H28ClNO6/c1-21(38)35-29-12-9-24-18-30(41-3)32(42-4)33(43-5)31(24)27-11-10-26(19-28(27)29)44-34(40)25-8-6-7-23(17-25)20-36-13-15-37(16-14-36)22(2)39;1-16(31)30-23-11-8-18-13-24(33-2)26(34-3)27(35-4)25(18)21-10-9-20(14-22(21)23)36-28(32)19-7-5-6-17(12-19)15-29/h6-8,10-11,17-19,29H,9,12-16,20H2,1-5H3,(H,35,38);5-7,9-10,12-14,23H,8,11,15H2,1-4H3,(H,30,31)/t29-;23-/m00/s1. The van der Waals surface area contributed by atoms with E-state index in [4.69, 9.17) is 49.5 Å². The number of hydrogen-bond donors (Lipinski definition) is 2. The Labute approximate surface area is 471 Å². The van der Waals surface area contributed by atoms with Crippen LogP contribution in [0.2, 0.25) is 0 Å². The first-order chi connectivity index (χ1) is 38.6. The van der Waals surface area contributed by atoms with Gasteiger partial charge in [-0.25, -0.2) is 9.59 Å². The molecular formula is C62H67ClN4O13. The number of amides is 3. The van der Waals surface area contributed by atoms with Crippen molar-refractivity contribution in [1.29, 1.82) is 0 Å². The van der Waals surface area contributed by atoms with Crippen LogP contribution in [0.25, 0.3) is 22.3 Å². The van der Waals surface area contributed by atoms with E-state index < -0.39 is 11.9 Å². The van der Waals surface area contributed by atoms with Crippen molar-refractivity contribution in [2.45, 2.75) is 71.0 Å². The summed E-state index contributed by atoms with van der Waals surface area (Å²) in [4.78, 5) is 66.2. The van der Waals surface area contributed by atoms with Gasteiger partial charge in [0.15, 0.2) is 23.0 Å². The topological polar surface area (TPSA) is 190 Å². The van der Waals surface area contributed by atoms with Crippen molar-refractivity contribution in [3.05, 3.63) is 142 Å². The molecule has 1 aliphatic heterocycles. The molecule has 6 aromatic carbocycles. The molecule has 9 rings (SSSR count). The van der Waals surface area contributed by atoms with Crippen LogP contribution in [0.5, 0.6) is 46.0 Å². The van der Waals surface area contributed by atoms with Crippen LogP contribution in [-0.4, -0.2) is 108 Å². The number of esters is 2. The molecule has 0 bridgehead atoms. The van der Waals surface area contributed by atoms with Crippen molar-refractivity contribution >= 4 is 41.3 Å². The minimum atomic E-state index is -0.490. The number of nitrogens with zero attached hydrogens (tertiary/aromatic N) is 2. The fourth-order valence-electron chi connectivity index (χ4n) is 10.7. The average Bonchev–Trinajstić information content (AvgIpc) is 3.71. The number of aryl methyl sites for hydroxylation is 2. The van der Waals surface area contributed by atoms with Crippen LogP contribution in [0, 0.1) is 0 Å². The van der Waals surface area contributed by atoms with E-state index in [1.54, 1.807) is 92.0 Å². The predicted octanol–water partition coefficient (Wildman–Crippen LogP) is 9.85. The number of rotatable bonds is 15. The molecule has 2 N–H and O–H groups in total. The van der Waals surface area contributed by atoms with Gasteiger partial charge in [0.25, 0.3) is 0 Å². The Kier molecular flexibility index (Phi) is 18.9. The number of ether oxygens (including phenoxy) is 8. The van der Waals surface area contributed by atoms with Gasteiger partial charge in [-0.15, -0.1) is 11.6 Å². The SMILES string of the molecule is COc1cc2c(c(OC)c1OC)-c1ccc(OC(=O)c3cccc(CCl)c3)cc1[C@@H](NC(C)=O)CC2.COc1cc2c(c(OC)c1OC)-c1ccc(OC(=O)c3cccc(CN4CCN(C(C)=O)CC4)c3)cc1[C@@H](NC(C)=O)CC2. The second-order valence-electron chi connectivity index (χ2n) is 19.5. The third kappa shape index (κ3) is 12.9. The molecule has 1 fully saturated rings. The van der Waals surface area contributed by atoms with Gasteiger partial charge < -0.3 is 53.4 Å². The first kappa shape index (κ1) is 57.9. The van der Waals surface area contributed by atoms with E-state index in [0.29, 0.717) is 108 Å². The first-order valence-electron chi connectivity index (χ1n) is 26.2. The highest BCUT2D eigenvalue weighted by Crippen LogP contribution is 2.52. The van der Waals surface area contributed by atoms with E-state index in [2.05, 4.69) is 15.5 Å². The zero-order chi connectivity index (χ0) is 57.2. The molecule has 1 heterocycles. The molecule has 2 atom stereocenters. The number of hydrogen-bond acceptors (Lipinski definition) is 14. The molecule has 6 aromatic rings. The number of halogens is 1. The summed E-state index contributed by atoms with van der Waals surface area (Å²) in [6, 6.07) is 28.6. The number of benzene rings is 6. The molecule has 17 nitrogen and oxygen atoms in total. The summed E-state index contributed by atoms with van der Waals surface area (Å²) < 4.78 is 45.6. The maximum atomic E-state index is 13.3. The van der Waals surface area contributed by atoms with Gasteiger partial charge in [-0.05, 0) is 131 Å². The number of fused-ring (bicyclic) bond motifs is 6. The molecule has 0 saturated carbocycles. The second kappa shape index (κ2) is 26.1. The van der Waals surface area contributed by atoms with E-state index in [1.165, 1.54) is 13.8 Å². The van der Waals surface area contributed by atoms with Gasteiger partial charge in [-0.1, -0.05) is 36.4 Å². The Balaban J connectivity index is 0.000000215. The highest BCUT2D eigenvalue weighted by molar-refractivity contribution is 6.17. The monoisotopic (exact) mass is 1110 g/mol. The van der Waals surface area contributed by atoms with E-state index in [-0.39, 0.29) is 29.8 Å². The summed E-state index contributed by atoms with van der Waals surface area (Å²) >= 11 is 5.91. The minimum Gasteiger partial charge on any atom is -0.493 e. The van der Waals surface area contributed by atoms with Gasteiger partial charge >= 0.3 is 11.9 Å². The summed E-state index contributed by atoms with van der Waals surface area (Å²) in [5, 5.41) is 6.10. The summed E-state index contributed by atoms with van der Waals surface area (Å²) in [6.07, 6.45) is 2.56. The minimum absolute atomic E-state index is 0.0962. The molecule has 420 valence electrons. The molecule has 0 spiro atoms. The maximum Gasteiger partial charge on any atom is 0.343 e. The quantitative estimate of drug-likeness (QED) is 0.0561. The normalized spacial score (nSPS) is 15.2. The highest BCUT2D eigenvalue weighted by atomic mass is 35.5. The third-order valence-electron chi connectivity index (χ3n) is 14.4. The predicted molar refractivity (Wildman–Crippen MR) is 303 cm³/mol. The Bertz CT molecular complexity index is 3300. The second-order valence-corrected chi connectivity index (χ2v) is 19.8. The number of carbonyl (C=O) groups is 5. The van der Waals surface area contributed by atoms with Crippen LogP contribution < -0.4 is 48.5 Å².